The maximum absolute atomic E-state index is 10.5. The SMILES string of the molecule is CCCCCC/C=C(\C=O)CCC.CO. The summed E-state index contributed by atoms with van der Waals surface area (Å²) in [5, 5.41) is 7.00. The van der Waals surface area contributed by atoms with Crippen LogP contribution in [0.1, 0.15) is 58.8 Å². The lowest BCUT2D eigenvalue weighted by Gasteiger charge is -1.97. The van der Waals surface area contributed by atoms with Gasteiger partial charge in [0.15, 0.2) is 0 Å². The second-order valence-electron chi connectivity index (χ2n) is 3.50. The quantitative estimate of drug-likeness (QED) is 0.381. The number of hydrogen-bond acceptors (Lipinski definition) is 2. The molecule has 0 unspecified atom stereocenters. The van der Waals surface area contributed by atoms with Crippen LogP contribution in [0.4, 0.5) is 0 Å². The summed E-state index contributed by atoms with van der Waals surface area (Å²) in [6.45, 7) is 4.32. The van der Waals surface area contributed by atoms with Gasteiger partial charge in [-0.25, -0.2) is 0 Å². The first kappa shape index (κ1) is 16.8. The first-order valence-corrected chi connectivity index (χ1v) is 5.94. The minimum absolute atomic E-state index is 0.942. The van der Waals surface area contributed by atoms with Gasteiger partial charge in [-0.2, -0.15) is 0 Å². The molecule has 0 amide bonds. The van der Waals surface area contributed by atoms with Gasteiger partial charge in [-0.15, -0.1) is 0 Å². The van der Waals surface area contributed by atoms with E-state index in [1.807, 2.05) is 0 Å². The van der Waals surface area contributed by atoms with Crippen LogP contribution in [0.3, 0.4) is 0 Å². The lowest BCUT2D eigenvalue weighted by Crippen LogP contribution is -1.84. The van der Waals surface area contributed by atoms with Crippen LogP contribution in [0.2, 0.25) is 0 Å². The molecule has 0 heterocycles. The molecule has 1 N–H and O–H groups in total. The highest BCUT2D eigenvalue weighted by Crippen LogP contribution is 2.07. The molecule has 0 spiro atoms. The Morgan fingerprint density at radius 1 is 1.07 bits per heavy atom. The number of rotatable bonds is 8. The fraction of sp³-hybridized carbons (Fsp3) is 0.769. The number of allylic oxidation sites excluding steroid dienone is 2. The van der Waals surface area contributed by atoms with E-state index in [0.717, 1.165) is 38.2 Å². The van der Waals surface area contributed by atoms with Crippen LogP contribution in [-0.2, 0) is 4.79 Å². The summed E-state index contributed by atoms with van der Waals surface area (Å²) in [6, 6.07) is 0. The Labute approximate surface area is 94.4 Å². The van der Waals surface area contributed by atoms with Gasteiger partial charge < -0.3 is 5.11 Å². The summed E-state index contributed by atoms with van der Waals surface area (Å²) >= 11 is 0. The second kappa shape index (κ2) is 15.8. The molecule has 0 radical (unpaired) electrons. The van der Waals surface area contributed by atoms with Crippen LogP contribution >= 0.6 is 0 Å². The molecule has 0 aliphatic rings. The summed E-state index contributed by atoms with van der Waals surface area (Å²) in [7, 11) is 1.00. The third-order valence-electron chi connectivity index (χ3n) is 2.15. The third-order valence-corrected chi connectivity index (χ3v) is 2.15. The number of carbonyl (C=O) groups is 1. The topological polar surface area (TPSA) is 37.3 Å². The Morgan fingerprint density at radius 3 is 2.20 bits per heavy atom. The van der Waals surface area contributed by atoms with Crippen molar-refractivity contribution in [2.24, 2.45) is 0 Å². The zero-order valence-corrected chi connectivity index (χ0v) is 10.5. The molecule has 0 saturated heterocycles. The highest BCUT2D eigenvalue weighted by molar-refractivity contribution is 5.72. The molecule has 90 valence electrons. The molecule has 0 aliphatic carbocycles. The molecule has 0 aromatic rings. The van der Waals surface area contributed by atoms with Crippen molar-refractivity contribution in [3.63, 3.8) is 0 Å². The highest BCUT2D eigenvalue weighted by Gasteiger charge is 1.92. The minimum Gasteiger partial charge on any atom is -0.400 e. The average molecular weight is 214 g/mol. The van der Waals surface area contributed by atoms with Crippen molar-refractivity contribution < 1.29 is 9.90 Å². The largest absolute Gasteiger partial charge is 0.400 e. The predicted octanol–water partition coefficient (Wildman–Crippen LogP) is 3.49. The summed E-state index contributed by atoms with van der Waals surface area (Å²) in [4.78, 5) is 10.5. The zero-order valence-electron chi connectivity index (χ0n) is 10.5. The lowest BCUT2D eigenvalue weighted by atomic mass is 10.1. The van der Waals surface area contributed by atoms with Crippen molar-refractivity contribution in [3.05, 3.63) is 11.6 Å². The number of aldehydes is 1. The van der Waals surface area contributed by atoms with Gasteiger partial charge in [0.1, 0.15) is 6.29 Å². The summed E-state index contributed by atoms with van der Waals surface area (Å²) in [5.74, 6) is 0. The first-order chi connectivity index (χ1) is 7.35. The van der Waals surface area contributed by atoms with Crippen LogP contribution in [-0.4, -0.2) is 18.5 Å². The second-order valence-corrected chi connectivity index (χ2v) is 3.50. The van der Waals surface area contributed by atoms with E-state index in [1.54, 1.807) is 0 Å². The van der Waals surface area contributed by atoms with Crippen molar-refractivity contribution in [3.8, 4) is 0 Å². The number of hydrogen-bond donors (Lipinski definition) is 1. The Morgan fingerprint density at radius 2 is 1.73 bits per heavy atom. The van der Waals surface area contributed by atoms with Crippen LogP contribution in [0, 0.1) is 0 Å². The van der Waals surface area contributed by atoms with Crippen LogP contribution in [0.5, 0.6) is 0 Å². The molecule has 0 bridgehead atoms. The standard InChI is InChI=1S/C12H22O.CH4O/c1-3-5-6-7-8-10-12(11-13)9-4-2;1-2/h10-11H,3-9H2,1-2H3;2H,1H3/b12-10-;. The van der Waals surface area contributed by atoms with E-state index in [-0.39, 0.29) is 0 Å². The normalized spacial score (nSPS) is 10.5. The molecular formula is C13H26O2. The van der Waals surface area contributed by atoms with E-state index in [0.29, 0.717) is 0 Å². The maximum atomic E-state index is 10.5. The molecular weight excluding hydrogens is 188 g/mol. The van der Waals surface area contributed by atoms with Gasteiger partial charge in [0.25, 0.3) is 0 Å². The number of carbonyl (C=O) groups excluding carboxylic acids is 1. The fourth-order valence-electron chi connectivity index (χ4n) is 1.36. The van der Waals surface area contributed by atoms with Gasteiger partial charge in [-0.1, -0.05) is 45.6 Å². The summed E-state index contributed by atoms with van der Waals surface area (Å²) in [5.41, 5.74) is 0.985. The van der Waals surface area contributed by atoms with Crippen molar-refractivity contribution in [2.75, 3.05) is 7.11 Å². The lowest BCUT2D eigenvalue weighted by molar-refractivity contribution is -0.105. The van der Waals surface area contributed by atoms with Gasteiger partial charge in [0, 0.05) is 7.11 Å². The minimum atomic E-state index is 0.942. The van der Waals surface area contributed by atoms with Gasteiger partial charge >= 0.3 is 0 Å². The third kappa shape index (κ3) is 13.4. The Hall–Kier alpha value is -0.630. The average Bonchev–Trinajstić information content (AvgIpc) is 2.30. The highest BCUT2D eigenvalue weighted by atomic mass is 16.2. The van der Waals surface area contributed by atoms with E-state index >= 15 is 0 Å². The predicted molar refractivity (Wildman–Crippen MR) is 66.0 cm³/mol. The molecule has 0 fully saturated rings. The molecule has 0 aromatic heterocycles. The Bertz CT molecular complexity index is 151. The van der Waals surface area contributed by atoms with E-state index in [1.165, 1.54) is 25.7 Å². The van der Waals surface area contributed by atoms with E-state index in [9.17, 15) is 4.79 Å². The van der Waals surface area contributed by atoms with Gasteiger partial charge in [-0.3, -0.25) is 4.79 Å². The summed E-state index contributed by atoms with van der Waals surface area (Å²) in [6.07, 6.45) is 11.3. The zero-order chi connectivity index (χ0) is 11.9. The fourth-order valence-corrected chi connectivity index (χ4v) is 1.36. The molecule has 0 aromatic carbocycles. The molecule has 0 saturated carbocycles. The number of unbranched alkanes of at least 4 members (excludes halogenated alkanes) is 4. The molecule has 2 heteroatoms. The smallest absolute Gasteiger partial charge is 0.145 e. The van der Waals surface area contributed by atoms with Crippen molar-refractivity contribution in [1.82, 2.24) is 0 Å². The maximum Gasteiger partial charge on any atom is 0.145 e. The van der Waals surface area contributed by atoms with E-state index in [2.05, 4.69) is 19.9 Å². The Balaban J connectivity index is 0. The summed E-state index contributed by atoms with van der Waals surface area (Å²) < 4.78 is 0. The molecule has 2 nitrogen and oxygen atoms in total. The van der Waals surface area contributed by atoms with Crippen LogP contribution < -0.4 is 0 Å². The first-order valence-electron chi connectivity index (χ1n) is 5.94. The molecule has 0 rings (SSSR count). The Kier molecular flexibility index (Phi) is 17.7. The van der Waals surface area contributed by atoms with Crippen molar-refractivity contribution >= 4 is 6.29 Å². The van der Waals surface area contributed by atoms with Gasteiger partial charge in [0.2, 0.25) is 0 Å². The molecule has 0 atom stereocenters. The van der Waals surface area contributed by atoms with Crippen LogP contribution in [0.15, 0.2) is 11.6 Å². The van der Waals surface area contributed by atoms with Gasteiger partial charge in [-0.05, 0) is 24.8 Å². The number of aliphatic hydroxyl groups is 1. The van der Waals surface area contributed by atoms with Crippen molar-refractivity contribution in [2.45, 2.75) is 58.8 Å². The molecule has 0 aliphatic heterocycles. The van der Waals surface area contributed by atoms with E-state index in [4.69, 9.17) is 5.11 Å². The number of aliphatic hydroxyl groups excluding tert-OH is 1. The van der Waals surface area contributed by atoms with Crippen molar-refractivity contribution in [1.29, 1.82) is 0 Å². The van der Waals surface area contributed by atoms with E-state index < -0.39 is 0 Å². The van der Waals surface area contributed by atoms with Crippen LogP contribution in [0.25, 0.3) is 0 Å². The molecule has 15 heavy (non-hydrogen) atoms. The monoisotopic (exact) mass is 214 g/mol. The van der Waals surface area contributed by atoms with Gasteiger partial charge in [0.05, 0.1) is 0 Å².